The lowest BCUT2D eigenvalue weighted by atomic mass is 9.83. The van der Waals surface area contributed by atoms with Gasteiger partial charge in [-0.15, -0.1) is 11.3 Å². The van der Waals surface area contributed by atoms with E-state index in [9.17, 15) is 0 Å². The van der Waals surface area contributed by atoms with Gasteiger partial charge in [-0.05, 0) is 91.5 Å². The lowest BCUT2D eigenvalue weighted by Crippen LogP contribution is -2.04. The largest absolute Gasteiger partial charge is 0.135 e. The highest BCUT2D eigenvalue weighted by molar-refractivity contribution is 7.26. The van der Waals surface area contributed by atoms with Gasteiger partial charge in [-0.2, -0.15) is 0 Å². The van der Waals surface area contributed by atoms with Crippen molar-refractivity contribution in [2.75, 3.05) is 0 Å². The van der Waals surface area contributed by atoms with Crippen molar-refractivity contribution in [3.63, 3.8) is 0 Å². The van der Waals surface area contributed by atoms with E-state index in [0.717, 1.165) is 12.8 Å². The molecule has 1 heterocycles. The van der Waals surface area contributed by atoms with Crippen molar-refractivity contribution >= 4 is 53.1 Å². The van der Waals surface area contributed by atoms with Gasteiger partial charge in [-0.1, -0.05) is 115 Å². The van der Waals surface area contributed by atoms with Crippen LogP contribution in [0.2, 0.25) is 0 Å². The maximum absolute atomic E-state index is 2.44. The van der Waals surface area contributed by atoms with Crippen molar-refractivity contribution in [1.82, 2.24) is 0 Å². The lowest BCUT2D eigenvalue weighted by Gasteiger charge is -2.21. The Kier molecular flexibility index (Phi) is 5.00. The first-order valence-electron chi connectivity index (χ1n) is 14.4. The first-order valence-corrected chi connectivity index (χ1v) is 15.2. The standard InChI is InChI=1S/C40H26S/c1-2-6-33-27(5-1)15-18-32-23-30(20-21-34(32)33)25-9-11-26(12-10-25)31-17-14-28-13-16-29-19-22-36-35-7-3-4-8-38(35)41-40(36)39(29)37(28)24-31/h1-12,14-15,17-24H,13,16H2. The predicted octanol–water partition coefficient (Wildman–Crippen LogP) is 11.5. The summed E-state index contributed by atoms with van der Waals surface area (Å²) in [5.74, 6) is 0. The summed E-state index contributed by atoms with van der Waals surface area (Å²) >= 11 is 1.94. The molecule has 0 atom stereocenters. The Bertz CT molecular complexity index is 2300. The van der Waals surface area contributed by atoms with Crippen LogP contribution in [0, 0.1) is 0 Å². The average molecular weight is 539 g/mol. The van der Waals surface area contributed by atoms with E-state index in [1.165, 1.54) is 86.2 Å². The molecule has 0 radical (unpaired) electrons. The quantitative estimate of drug-likeness (QED) is 0.192. The summed E-state index contributed by atoms with van der Waals surface area (Å²) in [5, 5.41) is 7.95. The molecule has 0 saturated carbocycles. The van der Waals surface area contributed by atoms with Gasteiger partial charge in [0, 0.05) is 25.7 Å². The molecule has 0 bridgehead atoms. The summed E-state index contributed by atoms with van der Waals surface area (Å²) in [6.45, 7) is 0. The van der Waals surface area contributed by atoms with Gasteiger partial charge in [0.2, 0.25) is 0 Å². The summed E-state index contributed by atoms with van der Waals surface area (Å²) in [4.78, 5) is 0. The lowest BCUT2D eigenvalue weighted by molar-refractivity contribution is 0.946. The number of hydrogen-bond donors (Lipinski definition) is 0. The molecule has 1 aromatic heterocycles. The molecule has 1 aliphatic rings. The number of aryl methyl sites for hydroxylation is 2. The highest BCUT2D eigenvalue weighted by Crippen LogP contribution is 2.46. The summed E-state index contributed by atoms with van der Waals surface area (Å²) in [5.41, 5.74) is 10.9. The molecule has 1 aliphatic carbocycles. The Morgan fingerprint density at radius 1 is 0.415 bits per heavy atom. The Hall–Kier alpha value is -4.72. The third-order valence-electron chi connectivity index (χ3n) is 8.97. The molecule has 9 rings (SSSR count). The molecule has 1 heteroatoms. The summed E-state index contributed by atoms with van der Waals surface area (Å²) in [6.07, 6.45) is 2.22. The van der Waals surface area contributed by atoms with Crippen LogP contribution in [0.25, 0.3) is 75.1 Å². The van der Waals surface area contributed by atoms with E-state index in [-0.39, 0.29) is 0 Å². The van der Waals surface area contributed by atoms with E-state index in [4.69, 9.17) is 0 Å². The molecule has 0 fully saturated rings. The molecule has 0 saturated heterocycles. The van der Waals surface area contributed by atoms with Crippen LogP contribution >= 0.6 is 11.3 Å². The topological polar surface area (TPSA) is 0 Å². The average Bonchev–Trinajstić information content (AvgIpc) is 3.43. The van der Waals surface area contributed by atoms with Crippen molar-refractivity contribution < 1.29 is 0 Å². The fraction of sp³-hybridized carbons (Fsp3) is 0.0500. The normalized spacial score (nSPS) is 12.7. The number of fused-ring (bicyclic) bond motifs is 10. The molecule has 0 N–H and O–H groups in total. The zero-order chi connectivity index (χ0) is 26.9. The molecule has 0 amide bonds. The van der Waals surface area contributed by atoms with E-state index in [1.54, 1.807) is 0 Å². The van der Waals surface area contributed by atoms with Crippen molar-refractivity contribution in [3.8, 4) is 33.4 Å². The number of thiophene rings is 1. The minimum Gasteiger partial charge on any atom is -0.135 e. The second-order valence-electron chi connectivity index (χ2n) is 11.2. The smallest absolute Gasteiger partial charge is 0.0436 e. The first kappa shape index (κ1) is 23.0. The van der Waals surface area contributed by atoms with Crippen molar-refractivity contribution in [1.29, 1.82) is 0 Å². The Morgan fingerprint density at radius 2 is 1.02 bits per heavy atom. The predicted molar refractivity (Wildman–Crippen MR) is 178 cm³/mol. The van der Waals surface area contributed by atoms with Crippen molar-refractivity contribution in [2.45, 2.75) is 12.8 Å². The van der Waals surface area contributed by atoms with Crippen LogP contribution < -0.4 is 0 Å². The molecular weight excluding hydrogens is 513 g/mol. The molecule has 0 unspecified atom stereocenters. The first-order chi connectivity index (χ1) is 20.3. The number of hydrogen-bond acceptors (Lipinski definition) is 1. The van der Waals surface area contributed by atoms with Crippen LogP contribution in [-0.4, -0.2) is 0 Å². The Labute approximate surface area is 243 Å². The minimum atomic E-state index is 1.11. The highest BCUT2D eigenvalue weighted by atomic mass is 32.1. The molecule has 0 nitrogen and oxygen atoms in total. The van der Waals surface area contributed by atoms with Crippen LogP contribution in [0.4, 0.5) is 0 Å². The van der Waals surface area contributed by atoms with Gasteiger partial charge >= 0.3 is 0 Å². The molecule has 7 aromatic carbocycles. The van der Waals surface area contributed by atoms with E-state index in [1.807, 2.05) is 11.3 Å². The summed E-state index contributed by atoms with van der Waals surface area (Å²) in [7, 11) is 0. The van der Waals surface area contributed by atoms with Crippen LogP contribution in [0.15, 0.2) is 133 Å². The second kappa shape index (κ2) is 8.89. The van der Waals surface area contributed by atoms with Gasteiger partial charge in [0.15, 0.2) is 0 Å². The molecule has 41 heavy (non-hydrogen) atoms. The maximum atomic E-state index is 2.44. The second-order valence-corrected chi connectivity index (χ2v) is 12.3. The third kappa shape index (κ3) is 3.59. The number of benzene rings is 7. The summed E-state index contributed by atoms with van der Waals surface area (Å²) < 4.78 is 2.80. The molecule has 8 aromatic rings. The van der Waals surface area contributed by atoms with E-state index in [0.29, 0.717) is 0 Å². The Morgan fingerprint density at radius 3 is 1.90 bits per heavy atom. The van der Waals surface area contributed by atoms with Crippen LogP contribution in [0.1, 0.15) is 11.1 Å². The third-order valence-corrected chi connectivity index (χ3v) is 10.2. The van der Waals surface area contributed by atoms with Crippen LogP contribution in [0.5, 0.6) is 0 Å². The van der Waals surface area contributed by atoms with E-state index >= 15 is 0 Å². The van der Waals surface area contributed by atoms with Gasteiger partial charge in [0.1, 0.15) is 0 Å². The van der Waals surface area contributed by atoms with E-state index in [2.05, 4.69) is 133 Å². The highest BCUT2D eigenvalue weighted by Gasteiger charge is 2.21. The van der Waals surface area contributed by atoms with Gasteiger partial charge < -0.3 is 0 Å². The fourth-order valence-electron chi connectivity index (χ4n) is 6.86. The molecule has 0 spiro atoms. The molecule has 192 valence electrons. The molecule has 0 aliphatic heterocycles. The van der Waals surface area contributed by atoms with Gasteiger partial charge in [-0.3, -0.25) is 0 Å². The van der Waals surface area contributed by atoms with Crippen LogP contribution in [-0.2, 0) is 12.8 Å². The number of rotatable bonds is 2. The van der Waals surface area contributed by atoms with Crippen molar-refractivity contribution in [3.05, 3.63) is 145 Å². The maximum Gasteiger partial charge on any atom is 0.0436 e. The summed E-state index contributed by atoms with van der Waals surface area (Å²) in [6, 6.07) is 49.7. The minimum absolute atomic E-state index is 1.11. The van der Waals surface area contributed by atoms with E-state index < -0.39 is 0 Å². The SMILES string of the molecule is c1ccc2c(c1)ccc1cc(-c3ccc(-c4ccc5c(c4)-c4c(ccc6c4sc4ccccc46)CC5)cc3)ccc12. The zero-order valence-electron chi connectivity index (χ0n) is 22.5. The van der Waals surface area contributed by atoms with Gasteiger partial charge in [0.05, 0.1) is 0 Å². The zero-order valence-corrected chi connectivity index (χ0v) is 23.3. The monoisotopic (exact) mass is 538 g/mol. The van der Waals surface area contributed by atoms with Crippen LogP contribution in [0.3, 0.4) is 0 Å². The Balaban J connectivity index is 1.12. The van der Waals surface area contributed by atoms with Gasteiger partial charge in [-0.25, -0.2) is 0 Å². The molecular formula is C40H26S. The fourth-order valence-corrected chi connectivity index (χ4v) is 8.14. The van der Waals surface area contributed by atoms with Crippen molar-refractivity contribution in [2.24, 2.45) is 0 Å². The van der Waals surface area contributed by atoms with Gasteiger partial charge in [0.25, 0.3) is 0 Å².